The third-order valence-electron chi connectivity index (χ3n) is 1.16. The van der Waals surface area contributed by atoms with E-state index < -0.39 is 12.2 Å². The number of hydrogen-bond donors (Lipinski definition) is 0. The number of alkyl halides is 2. The van der Waals surface area contributed by atoms with E-state index in [1.165, 1.54) is 0 Å². The Hall–Kier alpha value is -0.930. The highest BCUT2D eigenvalue weighted by Crippen LogP contribution is 1.95. The van der Waals surface area contributed by atoms with E-state index in [4.69, 9.17) is 4.74 Å². The lowest BCUT2D eigenvalue weighted by Gasteiger charge is -1.96. The largest absolute Gasteiger partial charge is 0.501 e. The number of allylic oxidation sites excluding steroid dienone is 1. The lowest BCUT2D eigenvalue weighted by molar-refractivity contribution is -0.124. The van der Waals surface area contributed by atoms with Gasteiger partial charge in [0.15, 0.2) is 0 Å². The molecule has 70 valence electrons. The SMILES string of the molecule is CCCCO/C=C/C(=O)C(F)F. The molecule has 0 aromatic heterocycles. The molecule has 0 amide bonds. The predicted octanol–water partition coefficient (Wildman–Crippen LogP) is 2.15. The topological polar surface area (TPSA) is 26.3 Å². The van der Waals surface area contributed by atoms with Crippen LogP contribution in [0.15, 0.2) is 12.3 Å². The third kappa shape index (κ3) is 5.82. The molecule has 4 heteroatoms. The summed E-state index contributed by atoms with van der Waals surface area (Å²) in [5.74, 6) is -1.22. The van der Waals surface area contributed by atoms with Crippen molar-refractivity contribution in [2.24, 2.45) is 0 Å². The first-order chi connectivity index (χ1) is 5.68. The van der Waals surface area contributed by atoms with E-state index >= 15 is 0 Å². The number of halogens is 2. The van der Waals surface area contributed by atoms with Gasteiger partial charge >= 0.3 is 0 Å². The molecule has 0 aliphatic rings. The van der Waals surface area contributed by atoms with Crippen molar-refractivity contribution in [2.75, 3.05) is 6.61 Å². The fourth-order valence-electron chi connectivity index (χ4n) is 0.484. The van der Waals surface area contributed by atoms with E-state index in [1.54, 1.807) is 0 Å². The molecule has 0 saturated carbocycles. The minimum Gasteiger partial charge on any atom is -0.501 e. The minimum atomic E-state index is -2.93. The van der Waals surface area contributed by atoms with E-state index in [0.29, 0.717) is 6.61 Å². The average molecular weight is 178 g/mol. The number of unbranched alkanes of at least 4 members (excludes halogenated alkanes) is 1. The van der Waals surface area contributed by atoms with Gasteiger partial charge < -0.3 is 4.74 Å². The van der Waals surface area contributed by atoms with Crippen LogP contribution < -0.4 is 0 Å². The molecule has 0 fully saturated rings. The molecule has 0 spiro atoms. The number of carbonyl (C=O) groups is 1. The van der Waals surface area contributed by atoms with Gasteiger partial charge in [-0.05, 0) is 6.42 Å². The number of ether oxygens (including phenoxy) is 1. The Balaban J connectivity index is 3.42. The second-order valence-corrected chi connectivity index (χ2v) is 2.23. The fourth-order valence-corrected chi connectivity index (χ4v) is 0.484. The smallest absolute Gasteiger partial charge is 0.300 e. The van der Waals surface area contributed by atoms with Crippen LogP contribution in [0, 0.1) is 0 Å². The average Bonchev–Trinajstić information content (AvgIpc) is 2.03. The van der Waals surface area contributed by atoms with E-state index in [-0.39, 0.29) is 0 Å². The Bertz CT molecular complexity index is 155. The molecule has 0 heterocycles. The van der Waals surface area contributed by atoms with Crippen LogP contribution in [-0.4, -0.2) is 18.8 Å². The highest BCUT2D eigenvalue weighted by atomic mass is 19.3. The zero-order chi connectivity index (χ0) is 9.40. The van der Waals surface area contributed by atoms with Crippen molar-refractivity contribution >= 4 is 5.78 Å². The molecule has 0 saturated heterocycles. The molecule has 0 bridgehead atoms. The quantitative estimate of drug-likeness (QED) is 0.354. The molecule has 12 heavy (non-hydrogen) atoms. The monoisotopic (exact) mass is 178 g/mol. The van der Waals surface area contributed by atoms with Crippen molar-refractivity contribution < 1.29 is 18.3 Å². The lowest BCUT2D eigenvalue weighted by atomic mass is 10.4. The summed E-state index contributed by atoms with van der Waals surface area (Å²) in [7, 11) is 0. The third-order valence-corrected chi connectivity index (χ3v) is 1.16. The van der Waals surface area contributed by atoms with E-state index in [2.05, 4.69) is 0 Å². The molecule has 0 N–H and O–H groups in total. The summed E-state index contributed by atoms with van der Waals surface area (Å²) >= 11 is 0. The Morgan fingerprint density at radius 2 is 2.25 bits per heavy atom. The van der Waals surface area contributed by atoms with Crippen LogP contribution in [0.1, 0.15) is 19.8 Å². The van der Waals surface area contributed by atoms with Gasteiger partial charge in [0, 0.05) is 6.08 Å². The summed E-state index contributed by atoms with van der Waals surface area (Å²) in [6, 6.07) is 0. The second kappa shape index (κ2) is 6.76. The molecule has 0 rings (SSSR count). The van der Waals surface area contributed by atoms with Gasteiger partial charge in [-0.3, -0.25) is 4.79 Å². The molecule has 0 radical (unpaired) electrons. The van der Waals surface area contributed by atoms with Crippen LogP contribution in [0.25, 0.3) is 0 Å². The standard InChI is InChI=1S/C8H12F2O2/c1-2-3-5-12-6-4-7(11)8(9)10/h4,6,8H,2-3,5H2,1H3/b6-4+. The van der Waals surface area contributed by atoms with Crippen LogP contribution in [-0.2, 0) is 9.53 Å². The summed E-state index contributed by atoms with van der Waals surface area (Å²) in [5, 5.41) is 0. The molecular weight excluding hydrogens is 166 g/mol. The summed E-state index contributed by atoms with van der Waals surface area (Å²) in [4.78, 5) is 10.3. The van der Waals surface area contributed by atoms with Gasteiger partial charge in [0.1, 0.15) is 0 Å². The van der Waals surface area contributed by atoms with Gasteiger partial charge in [-0.15, -0.1) is 0 Å². The maximum atomic E-state index is 11.5. The molecule has 0 aromatic carbocycles. The van der Waals surface area contributed by atoms with Crippen LogP contribution in [0.3, 0.4) is 0 Å². The highest BCUT2D eigenvalue weighted by molar-refractivity contribution is 5.91. The van der Waals surface area contributed by atoms with Crippen molar-refractivity contribution in [1.29, 1.82) is 0 Å². The molecular formula is C8H12F2O2. The van der Waals surface area contributed by atoms with Crippen molar-refractivity contribution in [3.05, 3.63) is 12.3 Å². The fraction of sp³-hybridized carbons (Fsp3) is 0.625. The number of hydrogen-bond acceptors (Lipinski definition) is 2. The molecule has 0 atom stereocenters. The zero-order valence-corrected chi connectivity index (χ0v) is 6.93. The van der Waals surface area contributed by atoms with Crippen molar-refractivity contribution in [3.8, 4) is 0 Å². The van der Waals surface area contributed by atoms with Crippen LogP contribution in [0.2, 0.25) is 0 Å². The van der Waals surface area contributed by atoms with E-state index in [0.717, 1.165) is 25.2 Å². The zero-order valence-electron chi connectivity index (χ0n) is 6.93. The molecule has 2 nitrogen and oxygen atoms in total. The summed E-state index contributed by atoms with van der Waals surface area (Å²) < 4.78 is 27.9. The molecule has 0 aliphatic carbocycles. The maximum Gasteiger partial charge on any atom is 0.300 e. The highest BCUT2D eigenvalue weighted by Gasteiger charge is 2.10. The lowest BCUT2D eigenvalue weighted by Crippen LogP contribution is -2.05. The van der Waals surface area contributed by atoms with E-state index in [9.17, 15) is 13.6 Å². The van der Waals surface area contributed by atoms with Crippen molar-refractivity contribution in [3.63, 3.8) is 0 Å². The minimum absolute atomic E-state index is 0.462. The van der Waals surface area contributed by atoms with Crippen molar-refractivity contribution in [2.45, 2.75) is 26.2 Å². The van der Waals surface area contributed by atoms with Crippen LogP contribution in [0.5, 0.6) is 0 Å². The van der Waals surface area contributed by atoms with Crippen LogP contribution in [0.4, 0.5) is 8.78 Å². The number of ketones is 1. The maximum absolute atomic E-state index is 11.5. The summed E-state index contributed by atoms with van der Waals surface area (Å²) in [6.45, 7) is 2.45. The first-order valence-electron chi connectivity index (χ1n) is 3.78. The van der Waals surface area contributed by atoms with Gasteiger partial charge in [-0.1, -0.05) is 13.3 Å². The predicted molar refractivity (Wildman–Crippen MR) is 41.0 cm³/mol. The molecule has 0 unspecified atom stereocenters. The van der Waals surface area contributed by atoms with Crippen LogP contribution >= 0.6 is 0 Å². The molecule has 0 aliphatic heterocycles. The normalized spacial score (nSPS) is 11.0. The van der Waals surface area contributed by atoms with Gasteiger partial charge in [-0.25, -0.2) is 8.78 Å². The van der Waals surface area contributed by atoms with Crippen molar-refractivity contribution in [1.82, 2.24) is 0 Å². The van der Waals surface area contributed by atoms with Gasteiger partial charge in [0.25, 0.3) is 6.43 Å². The Kier molecular flexibility index (Phi) is 6.24. The molecule has 0 aromatic rings. The Morgan fingerprint density at radius 1 is 1.58 bits per heavy atom. The van der Waals surface area contributed by atoms with Gasteiger partial charge in [0.2, 0.25) is 5.78 Å². The van der Waals surface area contributed by atoms with E-state index in [1.807, 2.05) is 6.92 Å². The summed E-state index contributed by atoms with van der Waals surface area (Å²) in [6.07, 6.45) is 0.657. The Morgan fingerprint density at radius 3 is 2.75 bits per heavy atom. The summed E-state index contributed by atoms with van der Waals surface area (Å²) in [5.41, 5.74) is 0. The van der Waals surface area contributed by atoms with Gasteiger partial charge in [-0.2, -0.15) is 0 Å². The first-order valence-corrected chi connectivity index (χ1v) is 3.78. The number of carbonyl (C=O) groups excluding carboxylic acids is 1. The Labute approximate surface area is 70.2 Å². The first kappa shape index (κ1) is 11.1. The van der Waals surface area contributed by atoms with Gasteiger partial charge in [0.05, 0.1) is 12.9 Å². The number of rotatable bonds is 6. The second-order valence-electron chi connectivity index (χ2n) is 2.23.